The molecular weight excluding hydrogens is 344 g/mol. The highest BCUT2D eigenvalue weighted by Crippen LogP contribution is 2.28. The van der Waals surface area contributed by atoms with Crippen LogP contribution >= 0.6 is 0 Å². The molecule has 0 aromatic rings. The number of hydrogen-bond acceptors (Lipinski definition) is 10. The average Bonchev–Trinajstić information content (AvgIpc) is 2.69. The van der Waals surface area contributed by atoms with E-state index in [1.807, 2.05) is 0 Å². The maximum atomic E-state index is 10.5. The Morgan fingerprint density at radius 3 is 2.27 bits per heavy atom. The van der Waals surface area contributed by atoms with Crippen molar-refractivity contribution < 1.29 is 47.8 Å². The molecule has 1 rings (SSSR count). The molecule has 0 radical (unpaired) electrons. The third-order valence-electron chi connectivity index (χ3n) is 3.30. The number of aliphatic hydroxyl groups excluding tert-OH is 6. The molecule has 6 N–H and O–H groups in total. The molecule has 10 nitrogen and oxygen atoms in total. The monoisotopic (exact) mass is 364 g/mol. The van der Waals surface area contributed by atoms with Gasteiger partial charge in [0, 0.05) is 10.9 Å². The Labute approximate surface area is 130 Å². The van der Waals surface area contributed by atoms with Crippen molar-refractivity contribution in [2.24, 2.45) is 0 Å². The van der Waals surface area contributed by atoms with Gasteiger partial charge < -0.3 is 35.2 Å². The van der Waals surface area contributed by atoms with Crippen molar-refractivity contribution in [3.63, 3.8) is 0 Å². The van der Waals surface area contributed by atoms with E-state index in [9.17, 15) is 33.4 Å². The standard InChI is InChI=1S/C10H20O10S2/c11-1-5(13)10-9(16)7(15)4-21(10)3-6(14)8(2-12)20-22(17,18)19/h5-16H,1-4H2/t5-,6-,7+,8+,9+,10-,21?/m1/s1. The Bertz CT molecular complexity index is 443. The minimum absolute atomic E-state index is 0.0161. The summed E-state index contributed by atoms with van der Waals surface area (Å²) >= 11 is 0. The molecule has 0 bridgehead atoms. The Morgan fingerprint density at radius 1 is 1.23 bits per heavy atom. The molecule has 0 spiro atoms. The van der Waals surface area contributed by atoms with Crippen LogP contribution in [-0.2, 0) is 25.5 Å². The van der Waals surface area contributed by atoms with Crippen molar-refractivity contribution in [1.82, 2.24) is 0 Å². The molecule has 1 unspecified atom stereocenters. The molecule has 7 atom stereocenters. The van der Waals surface area contributed by atoms with Crippen LogP contribution in [0.15, 0.2) is 0 Å². The van der Waals surface area contributed by atoms with Crippen LogP contribution < -0.4 is 0 Å². The largest absolute Gasteiger partial charge is 0.726 e. The Morgan fingerprint density at radius 2 is 1.82 bits per heavy atom. The van der Waals surface area contributed by atoms with Crippen molar-refractivity contribution in [3.8, 4) is 0 Å². The van der Waals surface area contributed by atoms with Gasteiger partial charge >= 0.3 is 0 Å². The van der Waals surface area contributed by atoms with Gasteiger partial charge in [-0.25, -0.2) is 8.42 Å². The maximum Gasteiger partial charge on any atom is 0.218 e. The zero-order chi connectivity index (χ0) is 17.1. The molecular formula is C10H20O10S2. The maximum absolute atomic E-state index is 10.5. The summed E-state index contributed by atoms with van der Waals surface area (Å²) < 4.78 is 35.6. The van der Waals surface area contributed by atoms with Crippen LogP contribution in [0.2, 0.25) is 0 Å². The van der Waals surface area contributed by atoms with Crippen molar-refractivity contribution in [2.45, 2.75) is 35.8 Å². The third kappa shape index (κ3) is 5.26. The van der Waals surface area contributed by atoms with Crippen molar-refractivity contribution in [2.75, 3.05) is 24.7 Å². The van der Waals surface area contributed by atoms with Crippen LogP contribution in [0, 0.1) is 0 Å². The highest BCUT2D eigenvalue weighted by molar-refractivity contribution is 7.97. The lowest BCUT2D eigenvalue weighted by Crippen LogP contribution is -2.46. The second-order valence-corrected chi connectivity index (χ2v) is 8.23. The predicted octanol–water partition coefficient (Wildman–Crippen LogP) is -4.74. The van der Waals surface area contributed by atoms with E-state index >= 15 is 0 Å². The number of rotatable bonds is 8. The first kappa shape index (κ1) is 20.0. The molecule has 1 fully saturated rings. The van der Waals surface area contributed by atoms with Gasteiger partial charge in [0.15, 0.2) is 5.25 Å². The van der Waals surface area contributed by atoms with Gasteiger partial charge in [0.2, 0.25) is 10.4 Å². The van der Waals surface area contributed by atoms with Crippen LogP contribution in [-0.4, -0.2) is 104 Å². The lowest BCUT2D eigenvalue weighted by molar-refractivity contribution is -0.000108. The van der Waals surface area contributed by atoms with E-state index in [0.717, 1.165) is 0 Å². The van der Waals surface area contributed by atoms with Crippen LogP contribution in [0.4, 0.5) is 0 Å². The zero-order valence-electron chi connectivity index (χ0n) is 11.4. The van der Waals surface area contributed by atoms with Crippen LogP contribution in [0.3, 0.4) is 0 Å². The molecule has 1 saturated heterocycles. The first-order valence-electron chi connectivity index (χ1n) is 6.35. The number of aliphatic hydroxyl groups is 6. The molecule has 1 heterocycles. The van der Waals surface area contributed by atoms with E-state index in [4.69, 9.17) is 10.2 Å². The smallest absolute Gasteiger partial charge is 0.218 e. The first-order chi connectivity index (χ1) is 10.1. The molecule has 0 amide bonds. The van der Waals surface area contributed by atoms with E-state index in [-0.39, 0.29) is 11.5 Å². The van der Waals surface area contributed by atoms with Gasteiger partial charge in [-0.3, -0.25) is 4.18 Å². The summed E-state index contributed by atoms with van der Waals surface area (Å²) in [6.45, 7) is -1.60. The summed E-state index contributed by atoms with van der Waals surface area (Å²) in [5.41, 5.74) is 0. The summed E-state index contributed by atoms with van der Waals surface area (Å²) in [6, 6.07) is 0. The van der Waals surface area contributed by atoms with E-state index in [2.05, 4.69) is 4.18 Å². The van der Waals surface area contributed by atoms with E-state index in [0.29, 0.717) is 0 Å². The van der Waals surface area contributed by atoms with Crippen LogP contribution in [0.1, 0.15) is 0 Å². The summed E-state index contributed by atoms with van der Waals surface area (Å²) in [6.07, 6.45) is -7.06. The lowest BCUT2D eigenvalue weighted by Gasteiger charge is -2.24. The van der Waals surface area contributed by atoms with E-state index < -0.39 is 70.3 Å². The fourth-order valence-corrected chi connectivity index (χ4v) is 5.74. The molecule has 132 valence electrons. The molecule has 0 aromatic carbocycles. The Kier molecular flexibility index (Phi) is 7.45. The van der Waals surface area contributed by atoms with Crippen molar-refractivity contribution >= 4 is 21.3 Å². The molecule has 1 aliphatic rings. The van der Waals surface area contributed by atoms with E-state index in [1.165, 1.54) is 0 Å². The summed E-state index contributed by atoms with van der Waals surface area (Å²) in [4.78, 5) is 0. The molecule has 0 aromatic heterocycles. The van der Waals surface area contributed by atoms with Crippen molar-refractivity contribution in [3.05, 3.63) is 0 Å². The lowest BCUT2D eigenvalue weighted by atomic mass is 10.1. The van der Waals surface area contributed by atoms with Crippen LogP contribution in [0.5, 0.6) is 0 Å². The van der Waals surface area contributed by atoms with Gasteiger partial charge in [-0.15, -0.1) is 0 Å². The van der Waals surface area contributed by atoms with Gasteiger partial charge in [0.1, 0.15) is 42.0 Å². The molecule has 0 aliphatic carbocycles. The van der Waals surface area contributed by atoms with E-state index in [1.54, 1.807) is 0 Å². The fraction of sp³-hybridized carbons (Fsp3) is 1.00. The van der Waals surface area contributed by atoms with Gasteiger partial charge in [-0.2, -0.15) is 0 Å². The highest BCUT2D eigenvalue weighted by Gasteiger charge is 2.54. The molecule has 22 heavy (non-hydrogen) atoms. The van der Waals surface area contributed by atoms with Gasteiger partial charge in [0.25, 0.3) is 0 Å². The van der Waals surface area contributed by atoms with Crippen LogP contribution in [0.25, 0.3) is 0 Å². The second kappa shape index (κ2) is 8.19. The second-order valence-electron chi connectivity index (χ2n) is 4.94. The van der Waals surface area contributed by atoms with Gasteiger partial charge in [-0.1, -0.05) is 0 Å². The quantitative estimate of drug-likeness (QED) is 0.139. The van der Waals surface area contributed by atoms with Gasteiger partial charge in [-0.05, 0) is 0 Å². The minimum Gasteiger partial charge on any atom is -0.726 e. The first-order valence-corrected chi connectivity index (χ1v) is 9.31. The number of hydrogen-bond donors (Lipinski definition) is 6. The topological polar surface area (TPSA) is 188 Å². The predicted molar refractivity (Wildman–Crippen MR) is 73.7 cm³/mol. The normalized spacial score (nSPS) is 33.6. The summed E-state index contributed by atoms with van der Waals surface area (Å²) in [7, 11) is -6.11. The average molecular weight is 364 g/mol. The zero-order valence-corrected chi connectivity index (χ0v) is 13.1. The summed E-state index contributed by atoms with van der Waals surface area (Å²) in [5, 5.41) is 56.1. The summed E-state index contributed by atoms with van der Waals surface area (Å²) in [5.74, 6) is -0.210. The molecule has 1 aliphatic heterocycles. The SMILES string of the molecule is O=S(=O)([O-])O[C@@H](CO)[C@H](O)C[S+]1C[C@H](O)[C@H](O)[C@H]1[C@H](O)CO. The molecule has 12 heteroatoms. The Hall–Kier alpha value is -0.0200. The van der Waals surface area contributed by atoms with Gasteiger partial charge in [0.05, 0.1) is 13.2 Å². The minimum atomic E-state index is -5.13. The molecule has 0 saturated carbocycles. The highest BCUT2D eigenvalue weighted by atomic mass is 32.3. The fourth-order valence-electron chi connectivity index (χ4n) is 2.27. The Balaban J connectivity index is 2.77. The third-order valence-corrected chi connectivity index (χ3v) is 6.69. The van der Waals surface area contributed by atoms with Crippen molar-refractivity contribution in [1.29, 1.82) is 0 Å².